The van der Waals surface area contributed by atoms with Crippen LogP contribution in [0.1, 0.15) is 40.0 Å². The predicted molar refractivity (Wildman–Crippen MR) is 70.1 cm³/mol. The summed E-state index contributed by atoms with van der Waals surface area (Å²) in [5.74, 6) is 0.388. The van der Waals surface area contributed by atoms with Gasteiger partial charge in [0, 0.05) is 12.6 Å². The number of phenolic OH excluding ortho intramolecular Hbond substituents is 1. The average Bonchev–Trinajstić information content (AvgIpc) is 2.27. The van der Waals surface area contributed by atoms with Crippen LogP contribution in [0.2, 0.25) is 0 Å². The Hall–Kier alpha value is -1.18. The number of benzene rings is 1. The van der Waals surface area contributed by atoms with Crippen molar-refractivity contribution in [1.29, 1.82) is 0 Å². The van der Waals surface area contributed by atoms with Gasteiger partial charge in [0.1, 0.15) is 5.75 Å². The molecule has 1 unspecified atom stereocenters. The molecule has 0 radical (unpaired) electrons. The first-order chi connectivity index (χ1) is 7.70. The smallest absolute Gasteiger partial charge is 0.138 e. The molecule has 0 saturated carbocycles. The molecule has 0 spiro atoms. The maximum Gasteiger partial charge on any atom is 0.138 e. The van der Waals surface area contributed by atoms with Gasteiger partial charge in [0.15, 0.2) is 0 Å². The van der Waals surface area contributed by atoms with E-state index >= 15 is 0 Å². The molecule has 0 saturated heterocycles. The molecule has 0 heterocycles. The van der Waals surface area contributed by atoms with Crippen LogP contribution in [-0.2, 0) is 0 Å². The van der Waals surface area contributed by atoms with E-state index in [0.29, 0.717) is 11.8 Å². The maximum atomic E-state index is 9.88. The van der Waals surface area contributed by atoms with Gasteiger partial charge >= 0.3 is 0 Å². The third-order valence-corrected chi connectivity index (χ3v) is 2.89. The lowest BCUT2D eigenvalue weighted by atomic mass is 10.1. The van der Waals surface area contributed by atoms with Crippen LogP contribution < -0.4 is 4.90 Å². The van der Waals surface area contributed by atoms with E-state index in [1.165, 1.54) is 6.42 Å². The second kappa shape index (κ2) is 6.41. The first-order valence-electron chi connectivity index (χ1n) is 6.25. The van der Waals surface area contributed by atoms with E-state index in [4.69, 9.17) is 0 Å². The van der Waals surface area contributed by atoms with Crippen molar-refractivity contribution in [1.82, 2.24) is 0 Å². The summed E-state index contributed by atoms with van der Waals surface area (Å²) in [5.41, 5.74) is 0.963. The Kier molecular flexibility index (Phi) is 5.17. The van der Waals surface area contributed by atoms with Gasteiger partial charge in [-0.15, -0.1) is 0 Å². The van der Waals surface area contributed by atoms with E-state index < -0.39 is 0 Å². The molecular weight excluding hydrogens is 198 g/mol. The molecule has 0 aliphatic carbocycles. The van der Waals surface area contributed by atoms with Crippen molar-refractivity contribution in [2.45, 2.75) is 46.1 Å². The van der Waals surface area contributed by atoms with Crippen molar-refractivity contribution in [2.24, 2.45) is 0 Å². The fourth-order valence-electron chi connectivity index (χ4n) is 2.10. The summed E-state index contributed by atoms with van der Waals surface area (Å²) in [4.78, 5) is 2.30. The highest BCUT2D eigenvalue weighted by atomic mass is 16.3. The van der Waals surface area contributed by atoms with E-state index in [2.05, 4.69) is 25.7 Å². The van der Waals surface area contributed by atoms with Crippen molar-refractivity contribution >= 4 is 5.69 Å². The van der Waals surface area contributed by atoms with Crippen LogP contribution in [0.3, 0.4) is 0 Å². The minimum atomic E-state index is 0.388. The summed E-state index contributed by atoms with van der Waals surface area (Å²) >= 11 is 0. The van der Waals surface area contributed by atoms with Gasteiger partial charge < -0.3 is 10.0 Å². The molecule has 0 amide bonds. The Bertz CT molecular complexity index is 311. The molecule has 2 nitrogen and oxygen atoms in total. The van der Waals surface area contributed by atoms with Crippen molar-refractivity contribution in [2.75, 3.05) is 11.4 Å². The molecule has 90 valence electrons. The molecule has 0 aliphatic rings. The topological polar surface area (TPSA) is 23.5 Å². The van der Waals surface area contributed by atoms with Crippen LogP contribution in [-0.4, -0.2) is 17.7 Å². The second-order valence-electron chi connectivity index (χ2n) is 4.32. The predicted octanol–water partition coefficient (Wildman–Crippen LogP) is 3.80. The van der Waals surface area contributed by atoms with Crippen LogP contribution in [0.4, 0.5) is 5.69 Å². The van der Waals surface area contributed by atoms with Gasteiger partial charge in [-0.1, -0.05) is 32.4 Å². The number of rotatable bonds is 6. The van der Waals surface area contributed by atoms with E-state index in [0.717, 1.165) is 25.1 Å². The third-order valence-electron chi connectivity index (χ3n) is 2.89. The number of anilines is 1. The Labute approximate surface area is 98.9 Å². The molecule has 0 aromatic heterocycles. The Morgan fingerprint density at radius 3 is 2.44 bits per heavy atom. The summed E-state index contributed by atoms with van der Waals surface area (Å²) in [5, 5.41) is 9.88. The highest BCUT2D eigenvalue weighted by molar-refractivity contribution is 5.58. The first kappa shape index (κ1) is 12.9. The monoisotopic (exact) mass is 221 g/mol. The van der Waals surface area contributed by atoms with Gasteiger partial charge in [0.2, 0.25) is 0 Å². The zero-order chi connectivity index (χ0) is 12.0. The zero-order valence-electron chi connectivity index (χ0n) is 10.6. The number of para-hydroxylation sites is 2. The SMILES string of the molecule is CCCC(C)N(CCC)c1ccccc1O. The third kappa shape index (κ3) is 3.16. The fourth-order valence-corrected chi connectivity index (χ4v) is 2.10. The van der Waals surface area contributed by atoms with E-state index in [9.17, 15) is 5.11 Å². The van der Waals surface area contributed by atoms with E-state index in [1.807, 2.05) is 18.2 Å². The van der Waals surface area contributed by atoms with Crippen molar-refractivity contribution in [3.8, 4) is 5.75 Å². The van der Waals surface area contributed by atoms with Gasteiger partial charge in [-0.2, -0.15) is 0 Å². The van der Waals surface area contributed by atoms with Gasteiger partial charge in [-0.05, 0) is 31.9 Å². The first-order valence-corrected chi connectivity index (χ1v) is 6.25. The number of phenols is 1. The van der Waals surface area contributed by atoms with Crippen LogP contribution in [0.25, 0.3) is 0 Å². The highest BCUT2D eigenvalue weighted by Crippen LogP contribution is 2.29. The van der Waals surface area contributed by atoms with E-state index in [1.54, 1.807) is 6.07 Å². The van der Waals surface area contributed by atoms with E-state index in [-0.39, 0.29) is 0 Å². The molecule has 2 heteroatoms. The minimum Gasteiger partial charge on any atom is -0.506 e. The lowest BCUT2D eigenvalue weighted by Crippen LogP contribution is -2.33. The standard InChI is InChI=1S/C14H23NO/c1-4-8-12(3)15(11-5-2)13-9-6-7-10-14(13)16/h6-7,9-10,12,16H,4-5,8,11H2,1-3H3. The van der Waals surface area contributed by atoms with Crippen molar-refractivity contribution in [3.05, 3.63) is 24.3 Å². The Balaban J connectivity index is 2.88. The Morgan fingerprint density at radius 1 is 1.19 bits per heavy atom. The molecule has 1 atom stereocenters. The number of nitrogens with zero attached hydrogens (tertiary/aromatic N) is 1. The highest BCUT2D eigenvalue weighted by Gasteiger charge is 2.15. The minimum absolute atomic E-state index is 0.388. The van der Waals surface area contributed by atoms with Crippen LogP contribution in [0, 0.1) is 0 Å². The summed E-state index contributed by atoms with van der Waals surface area (Å²) in [7, 11) is 0. The number of aromatic hydroxyl groups is 1. The van der Waals surface area contributed by atoms with Gasteiger partial charge in [0.05, 0.1) is 5.69 Å². The van der Waals surface area contributed by atoms with Crippen LogP contribution in [0.5, 0.6) is 5.75 Å². The lowest BCUT2D eigenvalue weighted by Gasteiger charge is -2.31. The van der Waals surface area contributed by atoms with Gasteiger partial charge in [-0.25, -0.2) is 0 Å². The fraction of sp³-hybridized carbons (Fsp3) is 0.571. The molecule has 1 rings (SSSR count). The molecule has 1 aromatic rings. The normalized spacial score (nSPS) is 12.4. The maximum absolute atomic E-state index is 9.88. The molecule has 1 N–H and O–H groups in total. The summed E-state index contributed by atoms with van der Waals surface area (Å²) in [6.45, 7) is 7.60. The van der Waals surface area contributed by atoms with Crippen molar-refractivity contribution < 1.29 is 5.11 Å². The molecule has 0 fully saturated rings. The van der Waals surface area contributed by atoms with Crippen molar-refractivity contribution in [3.63, 3.8) is 0 Å². The molecular formula is C14H23NO. The quantitative estimate of drug-likeness (QED) is 0.790. The molecule has 16 heavy (non-hydrogen) atoms. The van der Waals surface area contributed by atoms with Crippen LogP contribution in [0.15, 0.2) is 24.3 Å². The largest absolute Gasteiger partial charge is 0.506 e. The number of hydrogen-bond donors (Lipinski definition) is 1. The summed E-state index contributed by atoms with van der Waals surface area (Å²) in [6, 6.07) is 8.09. The lowest BCUT2D eigenvalue weighted by molar-refractivity contribution is 0.468. The second-order valence-corrected chi connectivity index (χ2v) is 4.32. The van der Waals surface area contributed by atoms with Gasteiger partial charge in [-0.3, -0.25) is 0 Å². The summed E-state index contributed by atoms with van der Waals surface area (Å²) < 4.78 is 0. The number of hydrogen-bond acceptors (Lipinski definition) is 2. The van der Waals surface area contributed by atoms with Gasteiger partial charge in [0.25, 0.3) is 0 Å². The Morgan fingerprint density at radius 2 is 1.88 bits per heavy atom. The zero-order valence-corrected chi connectivity index (χ0v) is 10.6. The molecule has 1 aromatic carbocycles. The molecule has 0 bridgehead atoms. The average molecular weight is 221 g/mol. The molecule has 0 aliphatic heterocycles. The van der Waals surface area contributed by atoms with Crippen LogP contribution >= 0.6 is 0 Å². The summed E-state index contributed by atoms with van der Waals surface area (Å²) in [6.07, 6.45) is 3.44.